The molecule has 0 saturated carbocycles. The van der Waals surface area contributed by atoms with Crippen molar-refractivity contribution in [2.45, 2.75) is 6.42 Å². The maximum Gasteiger partial charge on any atom is 0.161 e. The molecule has 1 aromatic heterocycles. The zero-order chi connectivity index (χ0) is 12.4. The van der Waals surface area contributed by atoms with Gasteiger partial charge in [-0.3, -0.25) is 0 Å². The zero-order valence-electron chi connectivity index (χ0n) is 8.50. The average molecular weight is 306 g/mol. The Bertz CT molecular complexity index is 542. The lowest BCUT2D eigenvalue weighted by atomic mass is 10.3. The molecule has 2 rings (SSSR count). The Morgan fingerprint density at radius 2 is 1.82 bits per heavy atom. The van der Waals surface area contributed by atoms with E-state index in [4.69, 9.17) is 0 Å². The van der Waals surface area contributed by atoms with Gasteiger partial charge in [-0.2, -0.15) is 0 Å². The van der Waals surface area contributed by atoms with Crippen LogP contribution in [0.15, 0.2) is 18.3 Å². The maximum absolute atomic E-state index is 13.4. The van der Waals surface area contributed by atoms with Crippen LogP contribution in [-0.4, -0.2) is 20.3 Å². The Balaban J connectivity index is 2.41. The molecule has 1 heterocycles. The number of aryl methyl sites for hydroxylation is 1. The summed E-state index contributed by atoms with van der Waals surface area (Å²) in [5, 5.41) is 8.12. The van der Waals surface area contributed by atoms with Crippen LogP contribution in [0.5, 0.6) is 0 Å². The Hall–Kier alpha value is -1.37. The van der Waals surface area contributed by atoms with E-state index in [2.05, 4.69) is 26.2 Å². The minimum Gasteiger partial charge on any atom is -0.217 e. The molecule has 0 fully saturated rings. The first kappa shape index (κ1) is 12.1. The SMILES string of the molecule is Fc1cc(F)c(-n2cc(CCBr)nn2)cc1F. The summed E-state index contributed by atoms with van der Waals surface area (Å²) >= 11 is 3.23. The molecule has 0 amide bonds. The first-order valence-electron chi connectivity index (χ1n) is 4.74. The van der Waals surface area contributed by atoms with Gasteiger partial charge >= 0.3 is 0 Å². The summed E-state index contributed by atoms with van der Waals surface area (Å²) in [6.07, 6.45) is 2.09. The highest BCUT2D eigenvalue weighted by molar-refractivity contribution is 9.09. The molecule has 0 aliphatic carbocycles. The highest BCUT2D eigenvalue weighted by Gasteiger charge is 2.12. The quantitative estimate of drug-likeness (QED) is 0.645. The average Bonchev–Trinajstić information content (AvgIpc) is 2.72. The maximum atomic E-state index is 13.4. The summed E-state index contributed by atoms with van der Waals surface area (Å²) < 4.78 is 40.2. The molecule has 0 saturated heterocycles. The van der Waals surface area contributed by atoms with E-state index in [1.165, 1.54) is 6.20 Å². The van der Waals surface area contributed by atoms with Crippen molar-refractivity contribution in [1.29, 1.82) is 0 Å². The molecule has 90 valence electrons. The molecule has 0 radical (unpaired) electrons. The van der Waals surface area contributed by atoms with E-state index in [9.17, 15) is 13.2 Å². The predicted molar refractivity (Wildman–Crippen MR) is 58.7 cm³/mol. The fraction of sp³-hybridized carbons (Fsp3) is 0.200. The van der Waals surface area contributed by atoms with Gasteiger partial charge in [0.2, 0.25) is 0 Å². The Kier molecular flexibility index (Phi) is 3.46. The number of nitrogens with zero attached hydrogens (tertiary/aromatic N) is 3. The Morgan fingerprint density at radius 1 is 1.12 bits per heavy atom. The smallest absolute Gasteiger partial charge is 0.161 e. The standard InChI is InChI=1S/C10H7BrF3N3/c11-2-1-6-5-17(16-15-6)10-4-8(13)7(12)3-9(10)14/h3-5H,1-2H2. The molecule has 0 aliphatic heterocycles. The summed E-state index contributed by atoms with van der Waals surface area (Å²) in [4.78, 5) is 0. The lowest BCUT2D eigenvalue weighted by Crippen LogP contribution is -2.01. The van der Waals surface area contributed by atoms with Gasteiger partial charge in [0.1, 0.15) is 5.69 Å². The van der Waals surface area contributed by atoms with Crippen LogP contribution in [-0.2, 0) is 6.42 Å². The predicted octanol–water partition coefficient (Wildman–Crippen LogP) is 2.62. The van der Waals surface area contributed by atoms with Crippen LogP contribution in [0, 0.1) is 17.5 Å². The molecule has 3 nitrogen and oxygen atoms in total. The third-order valence-corrected chi connectivity index (χ3v) is 2.52. The Morgan fingerprint density at radius 3 is 2.53 bits per heavy atom. The fourth-order valence-electron chi connectivity index (χ4n) is 1.32. The molecule has 0 bridgehead atoms. The van der Waals surface area contributed by atoms with Crippen LogP contribution in [0.3, 0.4) is 0 Å². The van der Waals surface area contributed by atoms with Crippen molar-refractivity contribution in [2.75, 3.05) is 5.33 Å². The van der Waals surface area contributed by atoms with Crippen molar-refractivity contribution in [3.8, 4) is 5.69 Å². The molecular formula is C10H7BrF3N3. The van der Waals surface area contributed by atoms with Gasteiger partial charge in [-0.05, 0) is 0 Å². The number of halogens is 4. The third-order valence-electron chi connectivity index (χ3n) is 2.13. The molecule has 0 spiro atoms. The molecule has 7 heteroatoms. The zero-order valence-corrected chi connectivity index (χ0v) is 10.1. The Labute approximate surface area is 103 Å². The second-order valence-corrected chi connectivity index (χ2v) is 4.10. The van der Waals surface area contributed by atoms with E-state index in [1.54, 1.807) is 0 Å². The van der Waals surface area contributed by atoms with Gasteiger partial charge in [0.25, 0.3) is 0 Å². The van der Waals surface area contributed by atoms with Gasteiger partial charge in [-0.1, -0.05) is 21.1 Å². The normalized spacial score (nSPS) is 10.8. The molecule has 0 N–H and O–H groups in total. The van der Waals surface area contributed by atoms with E-state index in [-0.39, 0.29) is 5.69 Å². The van der Waals surface area contributed by atoms with E-state index in [0.29, 0.717) is 23.5 Å². The molecule has 17 heavy (non-hydrogen) atoms. The van der Waals surface area contributed by atoms with E-state index in [0.717, 1.165) is 10.7 Å². The van der Waals surface area contributed by atoms with Crippen molar-refractivity contribution in [2.24, 2.45) is 0 Å². The number of aromatic nitrogens is 3. The number of hydrogen-bond donors (Lipinski definition) is 0. The summed E-state index contributed by atoms with van der Waals surface area (Å²) in [6, 6.07) is 1.23. The van der Waals surface area contributed by atoms with Gasteiger partial charge in [0, 0.05) is 23.9 Å². The van der Waals surface area contributed by atoms with Gasteiger partial charge in [0.05, 0.1) is 11.9 Å². The minimum absolute atomic E-state index is 0.169. The third kappa shape index (κ3) is 2.49. The van der Waals surface area contributed by atoms with Gasteiger partial charge in [0.15, 0.2) is 17.5 Å². The van der Waals surface area contributed by atoms with Gasteiger partial charge in [-0.25, -0.2) is 17.9 Å². The first-order valence-corrected chi connectivity index (χ1v) is 5.86. The van der Waals surface area contributed by atoms with Crippen LogP contribution in [0.2, 0.25) is 0 Å². The highest BCUT2D eigenvalue weighted by Crippen LogP contribution is 2.17. The summed E-state index contributed by atoms with van der Waals surface area (Å²) in [6.45, 7) is 0. The first-order chi connectivity index (χ1) is 8.11. The largest absolute Gasteiger partial charge is 0.217 e. The van der Waals surface area contributed by atoms with Crippen LogP contribution in [0.4, 0.5) is 13.2 Å². The minimum atomic E-state index is -1.23. The topological polar surface area (TPSA) is 30.7 Å². The summed E-state index contributed by atoms with van der Waals surface area (Å²) in [5.41, 5.74) is 0.461. The summed E-state index contributed by atoms with van der Waals surface area (Å²) in [7, 11) is 0. The van der Waals surface area contributed by atoms with Crippen LogP contribution in [0.25, 0.3) is 5.69 Å². The van der Waals surface area contributed by atoms with Crippen molar-refractivity contribution < 1.29 is 13.2 Å². The number of rotatable bonds is 3. The van der Waals surface area contributed by atoms with Crippen molar-refractivity contribution in [3.05, 3.63) is 41.5 Å². The molecule has 0 unspecified atom stereocenters. The van der Waals surface area contributed by atoms with Crippen LogP contribution < -0.4 is 0 Å². The lowest BCUT2D eigenvalue weighted by Gasteiger charge is -2.02. The molecule has 0 aliphatic rings. The fourth-order valence-corrected chi connectivity index (χ4v) is 1.72. The number of benzene rings is 1. The second-order valence-electron chi connectivity index (χ2n) is 3.31. The number of hydrogen-bond acceptors (Lipinski definition) is 2. The van der Waals surface area contributed by atoms with E-state index in [1.807, 2.05) is 0 Å². The van der Waals surface area contributed by atoms with E-state index >= 15 is 0 Å². The van der Waals surface area contributed by atoms with Crippen molar-refractivity contribution in [1.82, 2.24) is 15.0 Å². The molecule has 0 atom stereocenters. The molecule has 1 aromatic carbocycles. The van der Waals surface area contributed by atoms with Crippen molar-refractivity contribution >= 4 is 15.9 Å². The molecule has 2 aromatic rings. The number of alkyl halides is 1. The molecular weight excluding hydrogens is 299 g/mol. The second kappa shape index (κ2) is 4.87. The van der Waals surface area contributed by atoms with Gasteiger partial charge < -0.3 is 0 Å². The lowest BCUT2D eigenvalue weighted by molar-refractivity contribution is 0.491. The van der Waals surface area contributed by atoms with Gasteiger partial charge in [-0.15, -0.1) is 5.10 Å². The van der Waals surface area contributed by atoms with E-state index < -0.39 is 17.5 Å². The highest BCUT2D eigenvalue weighted by atomic mass is 79.9. The summed E-state index contributed by atoms with van der Waals surface area (Å²) in [5.74, 6) is -3.25. The van der Waals surface area contributed by atoms with Crippen LogP contribution in [0.1, 0.15) is 5.69 Å². The monoisotopic (exact) mass is 305 g/mol. The van der Waals surface area contributed by atoms with Crippen LogP contribution >= 0.6 is 15.9 Å². The van der Waals surface area contributed by atoms with Crippen molar-refractivity contribution in [3.63, 3.8) is 0 Å².